The molecule has 0 aliphatic heterocycles. The summed E-state index contributed by atoms with van der Waals surface area (Å²) in [7, 11) is 2.09. The van der Waals surface area contributed by atoms with Gasteiger partial charge in [0.1, 0.15) is 12.4 Å². The van der Waals surface area contributed by atoms with E-state index in [2.05, 4.69) is 69.8 Å². The van der Waals surface area contributed by atoms with Crippen molar-refractivity contribution in [3.05, 3.63) is 54.4 Å². The number of aryl methyl sites for hydroxylation is 1. The molecule has 3 aromatic rings. The molecule has 0 amide bonds. The number of imidazole rings is 1. The molecule has 2 heterocycles. The Morgan fingerprint density at radius 2 is 1.89 bits per heavy atom. The van der Waals surface area contributed by atoms with Gasteiger partial charge in [0.05, 0.1) is 13.3 Å². The van der Waals surface area contributed by atoms with Crippen molar-refractivity contribution < 1.29 is 21.4 Å². The zero-order valence-electron chi connectivity index (χ0n) is 15.9. The molecule has 0 aliphatic carbocycles. The number of hydrogen-bond donors (Lipinski definition) is 1. The molecular formula is C19H23Br2N5S2. The molecule has 0 fully saturated rings. The molecule has 2 aromatic heterocycles. The number of pyridine rings is 1. The lowest BCUT2D eigenvalue weighted by atomic mass is 10.1. The number of amidine groups is 1. The zero-order valence-corrected chi connectivity index (χ0v) is 20.8. The Balaban J connectivity index is 0.00000196. The van der Waals surface area contributed by atoms with Crippen LogP contribution in [0.4, 0.5) is 0 Å². The zero-order chi connectivity index (χ0) is 18.5. The van der Waals surface area contributed by atoms with Crippen LogP contribution in [0.3, 0.4) is 0 Å². The van der Waals surface area contributed by atoms with Crippen molar-refractivity contribution in [2.75, 3.05) is 12.0 Å². The summed E-state index contributed by atoms with van der Waals surface area (Å²) in [5.41, 5.74) is 10.1. The normalized spacial score (nSPS) is 11.5. The van der Waals surface area contributed by atoms with E-state index in [4.69, 9.17) is 5.73 Å². The molecule has 0 spiro atoms. The molecule has 0 aliphatic rings. The van der Waals surface area contributed by atoms with E-state index in [-0.39, 0.29) is 34.0 Å². The van der Waals surface area contributed by atoms with Gasteiger partial charge in [-0.15, -0.1) is 33.8 Å². The molecule has 0 radical (unpaired) electrons. The van der Waals surface area contributed by atoms with Gasteiger partial charge in [0.15, 0.2) is 10.9 Å². The van der Waals surface area contributed by atoms with E-state index in [0.29, 0.717) is 5.17 Å². The van der Waals surface area contributed by atoms with E-state index >= 15 is 0 Å². The number of rotatable bonds is 5. The lowest BCUT2D eigenvalue weighted by Crippen LogP contribution is -3.00. The van der Waals surface area contributed by atoms with Crippen LogP contribution in [0.25, 0.3) is 16.9 Å². The van der Waals surface area contributed by atoms with E-state index in [0.717, 1.165) is 28.2 Å². The van der Waals surface area contributed by atoms with Crippen LogP contribution in [-0.2, 0) is 7.05 Å². The fourth-order valence-electron chi connectivity index (χ4n) is 2.67. The lowest BCUT2D eigenvalue weighted by molar-refractivity contribution is -0.512. The van der Waals surface area contributed by atoms with Crippen LogP contribution in [0.1, 0.15) is 12.5 Å². The predicted molar refractivity (Wildman–Crippen MR) is 123 cm³/mol. The number of nitrogens with zero attached hydrogens (tertiary/aromatic N) is 4. The lowest BCUT2D eigenvalue weighted by Gasteiger charge is -1.98. The summed E-state index contributed by atoms with van der Waals surface area (Å²) in [6, 6.07) is 12.6. The average Bonchev–Trinajstić information content (AvgIpc) is 2.98. The Hall–Kier alpha value is -1.29. The largest absolute Gasteiger partial charge is 1.00 e. The SMILES string of the molecule is Br.CCSc1ccc2n(C)c(-c3ccc(/C=N/N=C(\N)SC)cc3)c[n+]2c1.[Br-]. The summed E-state index contributed by atoms with van der Waals surface area (Å²) in [5, 5.41) is 8.35. The number of halogens is 2. The van der Waals surface area contributed by atoms with Gasteiger partial charge in [-0.1, -0.05) is 30.8 Å². The number of thioether (sulfide) groups is 2. The van der Waals surface area contributed by atoms with Crippen molar-refractivity contribution in [2.24, 2.45) is 23.0 Å². The Labute approximate surface area is 195 Å². The Morgan fingerprint density at radius 1 is 1.18 bits per heavy atom. The monoisotopic (exact) mass is 543 g/mol. The summed E-state index contributed by atoms with van der Waals surface area (Å²) in [6.07, 6.45) is 7.93. The van der Waals surface area contributed by atoms with E-state index in [1.807, 2.05) is 30.2 Å². The van der Waals surface area contributed by atoms with Crippen LogP contribution in [0, 0.1) is 0 Å². The molecule has 3 rings (SSSR count). The summed E-state index contributed by atoms with van der Waals surface area (Å²) < 4.78 is 4.38. The van der Waals surface area contributed by atoms with Crippen LogP contribution in [-0.4, -0.2) is 28.0 Å². The maximum absolute atomic E-state index is 5.61. The molecule has 0 saturated carbocycles. The standard InChI is InChI=1S/C19H22N5S2.2BrH/c1-4-26-16-9-10-18-23(2)17(13-24(18)12-16)15-7-5-14(6-8-15)11-21-22-19(20)25-3;;/h5-13H,4H2,1-3H3,(H2,20,22);2*1H/q+1;;/p-1/b21-11+;;. The van der Waals surface area contributed by atoms with E-state index in [1.54, 1.807) is 6.21 Å². The third kappa shape index (κ3) is 5.85. The first-order valence-corrected chi connectivity index (χ1v) is 10.5. The first-order valence-electron chi connectivity index (χ1n) is 8.27. The van der Waals surface area contributed by atoms with Crippen LogP contribution in [0.2, 0.25) is 0 Å². The van der Waals surface area contributed by atoms with Gasteiger partial charge in [-0.2, -0.15) is 5.10 Å². The minimum atomic E-state index is 0. The van der Waals surface area contributed by atoms with Crippen LogP contribution < -0.4 is 27.1 Å². The van der Waals surface area contributed by atoms with E-state index in [1.165, 1.54) is 16.7 Å². The first-order chi connectivity index (χ1) is 12.6. The number of fused-ring (bicyclic) bond motifs is 1. The first kappa shape index (κ1) is 24.7. The molecule has 0 saturated heterocycles. The second-order valence-corrected chi connectivity index (χ2v) is 7.81. The van der Waals surface area contributed by atoms with Gasteiger partial charge in [0.2, 0.25) is 0 Å². The molecule has 5 nitrogen and oxygen atoms in total. The van der Waals surface area contributed by atoms with Gasteiger partial charge >= 0.3 is 0 Å². The highest BCUT2D eigenvalue weighted by Crippen LogP contribution is 2.22. The maximum Gasteiger partial charge on any atom is 0.286 e. The van der Waals surface area contributed by atoms with Gasteiger partial charge < -0.3 is 22.7 Å². The highest BCUT2D eigenvalue weighted by atomic mass is 79.9. The molecule has 2 N–H and O–H groups in total. The van der Waals surface area contributed by atoms with E-state index in [9.17, 15) is 0 Å². The van der Waals surface area contributed by atoms with Crippen LogP contribution in [0.5, 0.6) is 0 Å². The second-order valence-electron chi connectivity index (χ2n) is 5.65. The molecule has 1 aromatic carbocycles. The summed E-state index contributed by atoms with van der Waals surface area (Å²) >= 11 is 3.22. The van der Waals surface area contributed by atoms with Crippen molar-refractivity contribution in [1.82, 2.24) is 4.57 Å². The van der Waals surface area contributed by atoms with Gasteiger partial charge in [-0.05, 0) is 35.8 Å². The van der Waals surface area contributed by atoms with Crippen molar-refractivity contribution in [2.45, 2.75) is 11.8 Å². The highest BCUT2D eigenvalue weighted by molar-refractivity contribution is 8.93. The molecule has 9 heteroatoms. The molecule has 0 atom stereocenters. The molecule has 150 valence electrons. The second kappa shape index (κ2) is 11.6. The summed E-state index contributed by atoms with van der Waals surface area (Å²) in [4.78, 5) is 1.28. The van der Waals surface area contributed by atoms with Crippen molar-refractivity contribution >= 4 is 57.5 Å². The Kier molecular flexibility index (Phi) is 10.3. The van der Waals surface area contributed by atoms with Crippen molar-refractivity contribution in [3.63, 3.8) is 0 Å². The van der Waals surface area contributed by atoms with Gasteiger partial charge in [-0.25, -0.2) is 8.97 Å². The Bertz CT molecular complexity index is 968. The highest BCUT2D eigenvalue weighted by Gasteiger charge is 2.16. The summed E-state index contributed by atoms with van der Waals surface area (Å²) in [6.45, 7) is 2.17. The summed E-state index contributed by atoms with van der Waals surface area (Å²) in [5.74, 6) is 1.07. The third-order valence-corrected chi connectivity index (χ3v) is 5.35. The molecular weight excluding hydrogens is 522 g/mol. The average molecular weight is 545 g/mol. The smallest absolute Gasteiger partial charge is 0.286 e. The number of benzene rings is 1. The predicted octanol–water partition coefficient (Wildman–Crippen LogP) is 1.14. The fourth-order valence-corrected chi connectivity index (χ4v) is 3.49. The topological polar surface area (TPSA) is 59.8 Å². The minimum absolute atomic E-state index is 0. The molecule has 0 unspecified atom stereocenters. The Morgan fingerprint density at radius 3 is 2.54 bits per heavy atom. The third-order valence-electron chi connectivity index (χ3n) is 3.98. The van der Waals surface area contributed by atoms with Gasteiger partial charge in [-0.3, -0.25) is 0 Å². The van der Waals surface area contributed by atoms with Crippen molar-refractivity contribution in [3.8, 4) is 11.3 Å². The number of hydrogen-bond acceptors (Lipinski definition) is 4. The van der Waals surface area contributed by atoms with Crippen molar-refractivity contribution in [1.29, 1.82) is 0 Å². The van der Waals surface area contributed by atoms with Gasteiger partial charge in [0, 0.05) is 16.5 Å². The maximum atomic E-state index is 5.61. The van der Waals surface area contributed by atoms with Crippen LogP contribution in [0.15, 0.2) is 63.9 Å². The molecule has 28 heavy (non-hydrogen) atoms. The van der Waals surface area contributed by atoms with Gasteiger partial charge in [0.25, 0.3) is 5.65 Å². The van der Waals surface area contributed by atoms with E-state index < -0.39 is 0 Å². The number of aromatic nitrogens is 2. The van der Waals surface area contributed by atoms with Crippen LogP contribution >= 0.6 is 40.5 Å². The minimum Gasteiger partial charge on any atom is -1.00 e. The fraction of sp³-hybridized carbons (Fsp3) is 0.211. The molecule has 0 bridgehead atoms. The number of nitrogens with two attached hydrogens (primary N) is 1. The quantitative estimate of drug-likeness (QED) is 0.172.